The molecule has 1 heterocycles. The third-order valence-corrected chi connectivity index (χ3v) is 2.85. The second-order valence-electron chi connectivity index (χ2n) is 4.40. The fourth-order valence-corrected chi connectivity index (χ4v) is 1.83. The van der Waals surface area contributed by atoms with Crippen LogP contribution >= 0.6 is 0 Å². The van der Waals surface area contributed by atoms with Crippen LogP contribution in [0.25, 0.3) is 5.69 Å². The van der Waals surface area contributed by atoms with E-state index in [2.05, 4.69) is 10.3 Å². The molecule has 1 aromatic carbocycles. The number of hydrogen-bond donors (Lipinski definition) is 2. The minimum Gasteiger partial charge on any atom is -0.325 e. The number of nitrogens with one attached hydrogen (secondary N) is 1. The number of nitrogens with zero attached hydrogens (tertiary/aromatic N) is 2. The molecule has 5 heteroatoms. The van der Waals surface area contributed by atoms with Crippen LogP contribution in [0.2, 0.25) is 0 Å². The highest BCUT2D eigenvalue weighted by Crippen LogP contribution is 2.14. The predicted molar refractivity (Wildman–Crippen MR) is 75.1 cm³/mol. The summed E-state index contributed by atoms with van der Waals surface area (Å²) in [5, 5.41) is 2.83. The molecule has 0 aliphatic rings. The number of carbonyl (C=O) groups excluding carboxylic acids is 1. The third-order valence-electron chi connectivity index (χ3n) is 2.85. The zero-order valence-corrected chi connectivity index (χ0v) is 10.9. The molecule has 0 saturated heterocycles. The van der Waals surface area contributed by atoms with Crippen molar-refractivity contribution in [3.63, 3.8) is 0 Å². The van der Waals surface area contributed by atoms with E-state index in [1.54, 1.807) is 12.5 Å². The summed E-state index contributed by atoms with van der Waals surface area (Å²) >= 11 is 0. The molecule has 2 rings (SSSR count). The monoisotopic (exact) mass is 258 g/mol. The maximum absolute atomic E-state index is 11.8. The minimum atomic E-state index is -0.457. The highest BCUT2D eigenvalue weighted by atomic mass is 16.2. The number of hydrogen-bond acceptors (Lipinski definition) is 3. The van der Waals surface area contributed by atoms with Crippen LogP contribution in [-0.4, -0.2) is 21.5 Å². The van der Waals surface area contributed by atoms with Crippen molar-refractivity contribution in [2.24, 2.45) is 5.73 Å². The summed E-state index contributed by atoms with van der Waals surface area (Å²) in [6.07, 6.45) is 6.85. The second kappa shape index (κ2) is 6.15. The molecule has 19 heavy (non-hydrogen) atoms. The lowest BCUT2D eigenvalue weighted by Gasteiger charge is -2.12. The zero-order valence-electron chi connectivity index (χ0n) is 10.9. The summed E-state index contributed by atoms with van der Waals surface area (Å²) in [5.41, 5.74) is 7.46. The Balaban J connectivity index is 2.09. The molecule has 100 valence electrons. The number of amides is 1. The molecule has 1 aromatic heterocycles. The van der Waals surface area contributed by atoms with Crippen molar-refractivity contribution in [2.45, 2.75) is 25.8 Å². The smallest absolute Gasteiger partial charge is 0.241 e. The topological polar surface area (TPSA) is 72.9 Å². The number of carbonyl (C=O) groups is 1. The van der Waals surface area contributed by atoms with Crippen LogP contribution in [0.4, 0.5) is 5.69 Å². The van der Waals surface area contributed by atoms with Crippen molar-refractivity contribution >= 4 is 11.6 Å². The summed E-state index contributed by atoms with van der Waals surface area (Å²) in [6, 6.07) is 7.11. The lowest BCUT2D eigenvalue weighted by Crippen LogP contribution is -2.35. The number of nitrogens with two attached hydrogens (primary N) is 1. The third kappa shape index (κ3) is 3.42. The molecule has 0 saturated carbocycles. The highest BCUT2D eigenvalue weighted by molar-refractivity contribution is 5.94. The van der Waals surface area contributed by atoms with E-state index in [1.807, 2.05) is 42.0 Å². The number of rotatable bonds is 5. The van der Waals surface area contributed by atoms with Crippen molar-refractivity contribution in [1.29, 1.82) is 0 Å². The molecule has 5 nitrogen and oxygen atoms in total. The van der Waals surface area contributed by atoms with Crippen LogP contribution in [0.1, 0.15) is 19.8 Å². The van der Waals surface area contributed by atoms with Gasteiger partial charge in [0.15, 0.2) is 0 Å². The van der Waals surface area contributed by atoms with E-state index in [0.29, 0.717) is 6.42 Å². The van der Waals surface area contributed by atoms with Crippen LogP contribution in [0.15, 0.2) is 43.0 Å². The molecule has 0 unspecified atom stereocenters. The van der Waals surface area contributed by atoms with Crippen molar-refractivity contribution in [3.05, 3.63) is 43.0 Å². The Kier molecular flexibility index (Phi) is 4.30. The van der Waals surface area contributed by atoms with E-state index >= 15 is 0 Å². The molecular weight excluding hydrogens is 240 g/mol. The number of anilines is 1. The zero-order chi connectivity index (χ0) is 13.7. The Morgan fingerprint density at radius 3 is 3.05 bits per heavy atom. The molecule has 0 fully saturated rings. The average Bonchev–Trinajstić information content (AvgIpc) is 2.93. The molecule has 0 aliphatic carbocycles. The van der Waals surface area contributed by atoms with Gasteiger partial charge in [-0.1, -0.05) is 19.4 Å². The lowest BCUT2D eigenvalue weighted by molar-refractivity contribution is -0.117. The summed E-state index contributed by atoms with van der Waals surface area (Å²) in [7, 11) is 0. The average molecular weight is 258 g/mol. The molecule has 0 aliphatic heterocycles. The van der Waals surface area contributed by atoms with Crippen LogP contribution in [-0.2, 0) is 4.79 Å². The van der Waals surface area contributed by atoms with E-state index in [0.717, 1.165) is 17.8 Å². The second-order valence-corrected chi connectivity index (χ2v) is 4.40. The molecule has 0 radical (unpaired) electrons. The van der Waals surface area contributed by atoms with Gasteiger partial charge in [0.25, 0.3) is 0 Å². The van der Waals surface area contributed by atoms with E-state index in [9.17, 15) is 4.79 Å². The van der Waals surface area contributed by atoms with Crippen LogP contribution in [0.5, 0.6) is 0 Å². The van der Waals surface area contributed by atoms with Crippen molar-refractivity contribution in [3.8, 4) is 5.69 Å². The molecule has 1 amide bonds. The van der Waals surface area contributed by atoms with Crippen LogP contribution in [0, 0.1) is 0 Å². The van der Waals surface area contributed by atoms with Gasteiger partial charge in [0, 0.05) is 23.8 Å². The van der Waals surface area contributed by atoms with Crippen LogP contribution < -0.4 is 11.1 Å². The first-order valence-electron chi connectivity index (χ1n) is 6.35. The van der Waals surface area contributed by atoms with Gasteiger partial charge in [0.2, 0.25) is 5.91 Å². The normalized spacial score (nSPS) is 12.1. The van der Waals surface area contributed by atoms with Crippen LogP contribution in [0.3, 0.4) is 0 Å². The largest absolute Gasteiger partial charge is 0.325 e. The molecule has 0 bridgehead atoms. The lowest BCUT2D eigenvalue weighted by atomic mass is 10.1. The summed E-state index contributed by atoms with van der Waals surface area (Å²) in [4.78, 5) is 15.8. The van der Waals surface area contributed by atoms with Gasteiger partial charge in [-0.3, -0.25) is 4.79 Å². The summed E-state index contributed by atoms with van der Waals surface area (Å²) in [6.45, 7) is 2.01. The Bertz CT molecular complexity index is 536. The van der Waals surface area contributed by atoms with E-state index in [1.165, 1.54) is 0 Å². The van der Waals surface area contributed by atoms with Gasteiger partial charge < -0.3 is 15.6 Å². The summed E-state index contributed by atoms with van der Waals surface area (Å²) < 4.78 is 1.88. The molecule has 2 aromatic rings. The SMILES string of the molecule is CCC[C@@H](N)C(=O)Nc1cccc(-n2ccnc2)c1. The van der Waals surface area contributed by atoms with Crippen molar-refractivity contribution in [1.82, 2.24) is 9.55 Å². The fraction of sp³-hybridized carbons (Fsp3) is 0.286. The van der Waals surface area contributed by atoms with Gasteiger partial charge in [-0.15, -0.1) is 0 Å². The minimum absolute atomic E-state index is 0.148. The first kappa shape index (κ1) is 13.3. The van der Waals surface area contributed by atoms with Gasteiger partial charge in [0.05, 0.1) is 12.4 Å². The predicted octanol–water partition coefficient (Wildman–Crippen LogP) is 1.94. The van der Waals surface area contributed by atoms with Gasteiger partial charge in [-0.2, -0.15) is 0 Å². The first-order chi connectivity index (χ1) is 9.20. The number of imidazole rings is 1. The maximum Gasteiger partial charge on any atom is 0.241 e. The van der Waals surface area contributed by atoms with Gasteiger partial charge >= 0.3 is 0 Å². The van der Waals surface area contributed by atoms with E-state index in [-0.39, 0.29) is 5.91 Å². The standard InChI is InChI=1S/C14H18N4O/c1-2-4-13(15)14(19)17-11-5-3-6-12(9-11)18-8-7-16-10-18/h3,5-10,13H,2,4,15H2,1H3,(H,17,19)/t13-/m1/s1. The first-order valence-corrected chi connectivity index (χ1v) is 6.35. The number of aromatic nitrogens is 2. The Hall–Kier alpha value is -2.14. The summed E-state index contributed by atoms with van der Waals surface area (Å²) in [5.74, 6) is -0.148. The maximum atomic E-state index is 11.8. The molecular formula is C14H18N4O. The van der Waals surface area contributed by atoms with E-state index < -0.39 is 6.04 Å². The van der Waals surface area contributed by atoms with Crippen molar-refractivity contribution in [2.75, 3.05) is 5.32 Å². The fourth-order valence-electron chi connectivity index (χ4n) is 1.83. The Labute approximate surface area is 112 Å². The highest BCUT2D eigenvalue weighted by Gasteiger charge is 2.12. The van der Waals surface area contributed by atoms with Gasteiger partial charge in [-0.25, -0.2) is 4.98 Å². The molecule has 1 atom stereocenters. The molecule has 3 N–H and O–H groups in total. The Morgan fingerprint density at radius 1 is 1.53 bits per heavy atom. The van der Waals surface area contributed by atoms with Crippen molar-refractivity contribution < 1.29 is 4.79 Å². The Morgan fingerprint density at radius 2 is 2.37 bits per heavy atom. The van der Waals surface area contributed by atoms with E-state index in [4.69, 9.17) is 5.73 Å². The quantitative estimate of drug-likeness (QED) is 0.860. The number of benzene rings is 1. The van der Waals surface area contributed by atoms with Gasteiger partial charge in [-0.05, 0) is 24.6 Å². The van der Waals surface area contributed by atoms with Gasteiger partial charge in [0.1, 0.15) is 0 Å². The molecule has 0 spiro atoms.